The molecule has 4 rings (SSSR count). The smallest absolute Gasteiger partial charge is 0.141 e. The summed E-state index contributed by atoms with van der Waals surface area (Å²) in [5, 5.41) is 12.3. The Morgan fingerprint density at radius 2 is 1.75 bits per heavy atom. The van der Waals surface area contributed by atoms with Crippen LogP contribution in [0.25, 0.3) is 11.1 Å². The standard InChI is InChI=1S/C20H17FN2S/c21-17-11-14(4-5-15(17)12-22)13-6-7-18-16(10-13)20(19(24)23-18)8-2-1-3-9-20/h4-7,10-11H,1-3,8-9H2,(H,23,24). The minimum absolute atomic E-state index is 0.0515. The number of nitriles is 1. The van der Waals surface area contributed by atoms with E-state index in [0.717, 1.165) is 34.6 Å². The molecule has 2 nitrogen and oxygen atoms in total. The van der Waals surface area contributed by atoms with Gasteiger partial charge in [-0.1, -0.05) is 43.6 Å². The molecule has 1 N–H and O–H groups in total. The van der Waals surface area contributed by atoms with Crippen LogP contribution in [0.5, 0.6) is 0 Å². The van der Waals surface area contributed by atoms with Crippen molar-refractivity contribution in [3.63, 3.8) is 0 Å². The first-order valence-corrected chi connectivity index (χ1v) is 8.71. The SMILES string of the molecule is N#Cc1ccc(-c2ccc3c(c2)C2(CCCCC2)C(=S)N3)cc1F. The van der Waals surface area contributed by atoms with Crippen molar-refractivity contribution in [3.8, 4) is 17.2 Å². The molecule has 1 aliphatic heterocycles. The van der Waals surface area contributed by atoms with Crippen LogP contribution in [0.4, 0.5) is 10.1 Å². The van der Waals surface area contributed by atoms with Gasteiger partial charge in [0.2, 0.25) is 0 Å². The Balaban J connectivity index is 1.80. The van der Waals surface area contributed by atoms with Crippen molar-refractivity contribution < 1.29 is 4.39 Å². The van der Waals surface area contributed by atoms with Gasteiger partial charge in [0.25, 0.3) is 0 Å². The number of hydrogen-bond donors (Lipinski definition) is 1. The van der Waals surface area contributed by atoms with E-state index in [1.807, 2.05) is 18.2 Å². The molecule has 24 heavy (non-hydrogen) atoms. The van der Waals surface area contributed by atoms with Crippen LogP contribution in [0.1, 0.15) is 43.2 Å². The topological polar surface area (TPSA) is 35.8 Å². The average molecular weight is 336 g/mol. The highest BCUT2D eigenvalue weighted by Gasteiger charge is 2.44. The molecule has 1 saturated carbocycles. The monoisotopic (exact) mass is 336 g/mol. The lowest BCUT2D eigenvalue weighted by Gasteiger charge is -2.33. The molecule has 2 aromatic rings. The van der Waals surface area contributed by atoms with Crippen LogP contribution in [0, 0.1) is 17.1 Å². The van der Waals surface area contributed by atoms with Crippen molar-refractivity contribution in [1.82, 2.24) is 0 Å². The number of benzene rings is 2. The summed E-state index contributed by atoms with van der Waals surface area (Å²) in [5.41, 5.74) is 4.11. The van der Waals surface area contributed by atoms with E-state index in [0.29, 0.717) is 0 Å². The Kier molecular flexibility index (Phi) is 3.62. The summed E-state index contributed by atoms with van der Waals surface area (Å²) in [6, 6.07) is 12.8. The number of anilines is 1. The van der Waals surface area contributed by atoms with E-state index in [-0.39, 0.29) is 11.0 Å². The summed E-state index contributed by atoms with van der Waals surface area (Å²) in [5.74, 6) is -0.475. The predicted molar refractivity (Wildman–Crippen MR) is 97.5 cm³/mol. The normalized spacial score (nSPS) is 18.1. The van der Waals surface area contributed by atoms with Gasteiger partial charge in [-0.3, -0.25) is 0 Å². The molecular weight excluding hydrogens is 319 g/mol. The molecule has 0 atom stereocenters. The lowest BCUT2D eigenvalue weighted by atomic mass is 9.70. The van der Waals surface area contributed by atoms with Crippen LogP contribution in [-0.4, -0.2) is 4.99 Å². The molecule has 1 aliphatic carbocycles. The molecule has 1 spiro atoms. The maximum Gasteiger partial charge on any atom is 0.141 e. The number of hydrogen-bond acceptors (Lipinski definition) is 2. The summed E-state index contributed by atoms with van der Waals surface area (Å²) in [6.45, 7) is 0. The van der Waals surface area contributed by atoms with Crippen LogP contribution in [-0.2, 0) is 5.41 Å². The molecule has 1 fully saturated rings. The van der Waals surface area contributed by atoms with E-state index in [1.54, 1.807) is 6.07 Å². The second-order valence-electron chi connectivity index (χ2n) is 6.66. The van der Waals surface area contributed by atoms with E-state index < -0.39 is 5.82 Å². The summed E-state index contributed by atoms with van der Waals surface area (Å²) >= 11 is 5.66. The minimum Gasteiger partial charge on any atom is -0.349 e. The number of nitrogens with one attached hydrogen (secondary N) is 1. The molecule has 0 amide bonds. The Labute approximate surface area is 146 Å². The zero-order chi connectivity index (χ0) is 16.7. The number of rotatable bonds is 1. The Morgan fingerprint density at radius 1 is 1.04 bits per heavy atom. The fourth-order valence-electron chi connectivity index (χ4n) is 4.03. The summed E-state index contributed by atoms with van der Waals surface area (Å²) in [6.07, 6.45) is 5.81. The minimum atomic E-state index is -0.475. The van der Waals surface area contributed by atoms with E-state index in [1.165, 1.54) is 37.0 Å². The summed E-state index contributed by atoms with van der Waals surface area (Å²) in [4.78, 5) is 0.931. The van der Waals surface area contributed by atoms with Gasteiger partial charge in [0, 0.05) is 11.1 Å². The number of halogens is 1. The van der Waals surface area contributed by atoms with Gasteiger partial charge in [0.15, 0.2) is 0 Å². The highest BCUT2D eigenvalue weighted by atomic mass is 32.1. The van der Waals surface area contributed by atoms with E-state index in [9.17, 15) is 4.39 Å². The van der Waals surface area contributed by atoms with Crippen molar-refractivity contribution in [1.29, 1.82) is 5.26 Å². The maximum atomic E-state index is 14.0. The number of nitrogens with zero attached hydrogens (tertiary/aromatic N) is 1. The van der Waals surface area contributed by atoms with Gasteiger partial charge in [0.1, 0.15) is 11.9 Å². The average Bonchev–Trinajstić information content (AvgIpc) is 2.87. The third kappa shape index (κ3) is 2.23. The first-order chi connectivity index (χ1) is 11.6. The second-order valence-corrected chi connectivity index (χ2v) is 7.07. The Morgan fingerprint density at radius 3 is 2.46 bits per heavy atom. The quantitative estimate of drug-likeness (QED) is 0.716. The van der Waals surface area contributed by atoms with Gasteiger partial charge in [-0.25, -0.2) is 4.39 Å². The van der Waals surface area contributed by atoms with Gasteiger partial charge in [0.05, 0.1) is 10.6 Å². The molecular formula is C20H17FN2S. The van der Waals surface area contributed by atoms with Crippen LogP contribution in [0.3, 0.4) is 0 Å². The Bertz CT molecular complexity index is 876. The van der Waals surface area contributed by atoms with Crippen LogP contribution in [0.15, 0.2) is 36.4 Å². The zero-order valence-electron chi connectivity index (χ0n) is 13.2. The first kappa shape index (κ1) is 15.3. The first-order valence-electron chi connectivity index (χ1n) is 8.30. The third-order valence-electron chi connectivity index (χ3n) is 5.35. The largest absolute Gasteiger partial charge is 0.349 e. The third-order valence-corrected chi connectivity index (χ3v) is 5.84. The molecule has 4 heteroatoms. The Hall–Kier alpha value is -2.25. The van der Waals surface area contributed by atoms with Crippen molar-refractivity contribution in [2.75, 3.05) is 5.32 Å². The lowest BCUT2D eigenvalue weighted by molar-refractivity contribution is 0.389. The molecule has 0 bridgehead atoms. The second kappa shape index (κ2) is 5.68. The number of thiocarbonyl (C=S) groups is 1. The molecule has 2 aromatic carbocycles. The van der Waals surface area contributed by atoms with Crippen LogP contribution < -0.4 is 5.32 Å². The van der Waals surface area contributed by atoms with Gasteiger partial charge in [-0.2, -0.15) is 5.26 Å². The van der Waals surface area contributed by atoms with E-state index >= 15 is 0 Å². The molecule has 0 aromatic heterocycles. The summed E-state index contributed by atoms with van der Waals surface area (Å²) in [7, 11) is 0. The highest BCUT2D eigenvalue weighted by molar-refractivity contribution is 7.80. The summed E-state index contributed by atoms with van der Waals surface area (Å²) < 4.78 is 14.0. The van der Waals surface area contributed by atoms with Crippen molar-refractivity contribution in [2.45, 2.75) is 37.5 Å². The molecule has 0 saturated heterocycles. The van der Waals surface area contributed by atoms with Crippen LogP contribution >= 0.6 is 12.2 Å². The van der Waals surface area contributed by atoms with Gasteiger partial charge >= 0.3 is 0 Å². The van der Waals surface area contributed by atoms with Gasteiger partial charge < -0.3 is 5.32 Å². The highest BCUT2D eigenvalue weighted by Crippen LogP contribution is 2.49. The molecule has 0 radical (unpaired) electrons. The van der Waals surface area contributed by atoms with Crippen molar-refractivity contribution >= 4 is 22.9 Å². The molecule has 0 unspecified atom stereocenters. The predicted octanol–water partition coefficient (Wildman–Crippen LogP) is 5.32. The molecule has 120 valence electrons. The van der Waals surface area contributed by atoms with Crippen LogP contribution in [0.2, 0.25) is 0 Å². The lowest BCUT2D eigenvalue weighted by Crippen LogP contribution is -2.35. The molecule has 1 heterocycles. The fraction of sp³-hybridized carbons (Fsp3) is 0.300. The van der Waals surface area contributed by atoms with E-state index in [4.69, 9.17) is 17.5 Å². The van der Waals surface area contributed by atoms with Crippen molar-refractivity contribution in [3.05, 3.63) is 53.3 Å². The number of fused-ring (bicyclic) bond motifs is 2. The van der Waals surface area contributed by atoms with Gasteiger partial charge in [-0.05, 0) is 53.8 Å². The van der Waals surface area contributed by atoms with E-state index in [2.05, 4.69) is 11.4 Å². The fourth-order valence-corrected chi connectivity index (χ4v) is 4.45. The zero-order valence-corrected chi connectivity index (χ0v) is 14.0. The molecule has 2 aliphatic rings. The van der Waals surface area contributed by atoms with Gasteiger partial charge in [-0.15, -0.1) is 0 Å². The van der Waals surface area contributed by atoms with Crippen molar-refractivity contribution in [2.24, 2.45) is 0 Å². The maximum absolute atomic E-state index is 14.0.